The maximum atomic E-state index is 12.3. The average Bonchev–Trinajstić information content (AvgIpc) is 2.38. The van der Waals surface area contributed by atoms with Crippen molar-refractivity contribution in [3.8, 4) is 0 Å². The summed E-state index contributed by atoms with van der Waals surface area (Å²) in [6, 6.07) is 6.42. The molecule has 1 aromatic carbocycles. The lowest BCUT2D eigenvalue weighted by molar-refractivity contribution is -0.119. The number of benzene rings is 1. The van der Waals surface area contributed by atoms with Gasteiger partial charge in [-0.15, -0.1) is 0 Å². The number of carbonyl (C=O) groups is 1. The summed E-state index contributed by atoms with van der Waals surface area (Å²) in [6.07, 6.45) is 2.33. The summed E-state index contributed by atoms with van der Waals surface area (Å²) in [7, 11) is -3.64. The van der Waals surface area contributed by atoms with E-state index in [2.05, 4.69) is 47.8 Å². The third kappa shape index (κ3) is 3.28. The zero-order valence-corrected chi connectivity index (χ0v) is 15.9. The predicted molar refractivity (Wildman–Crippen MR) is 89.3 cm³/mol. The molecule has 0 N–H and O–H groups in total. The monoisotopic (exact) mass is 487 g/mol. The van der Waals surface area contributed by atoms with Gasteiger partial charge in [0.25, 0.3) is 0 Å². The molecule has 0 unspecified atom stereocenters. The summed E-state index contributed by atoms with van der Waals surface area (Å²) >= 11 is 9.10. The highest BCUT2D eigenvalue weighted by Gasteiger charge is 2.37. The second-order valence-corrected chi connectivity index (χ2v) is 14.9. The van der Waals surface area contributed by atoms with Crippen LogP contribution in [0.1, 0.15) is 19.3 Å². The predicted octanol–water partition coefficient (Wildman–Crippen LogP) is 3.77. The first kappa shape index (κ1) is 16.5. The highest BCUT2D eigenvalue weighted by molar-refractivity contribution is 9.42. The van der Waals surface area contributed by atoms with Crippen LogP contribution in [-0.4, -0.2) is 22.3 Å². The summed E-state index contributed by atoms with van der Waals surface area (Å²) in [5.74, 6) is 0.0357. The molecule has 20 heavy (non-hydrogen) atoms. The lowest BCUT2D eigenvalue weighted by Crippen LogP contribution is -2.35. The van der Waals surface area contributed by atoms with Crippen LogP contribution in [0, 0.1) is 0 Å². The molecule has 1 aliphatic heterocycles. The van der Waals surface area contributed by atoms with Crippen LogP contribution in [0.4, 0.5) is 5.69 Å². The minimum atomic E-state index is -3.64. The molecule has 0 aliphatic carbocycles. The number of carbonyl (C=O) groups excluding carboxylic acids is 1. The number of amides is 1. The van der Waals surface area contributed by atoms with Crippen molar-refractivity contribution in [3.05, 3.63) is 24.3 Å². The van der Waals surface area contributed by atoms with Gasteiger partial charge in [-0.3, -0.25) is 4.79 Å². The number of hydrogen-bond donors (Lipinski definition) is 0. The molecule has 1 aliphatic rings. The van der Waals surface area contributed by atoms with Gasteiger partial charge in [0.05, 0.1) is 4.90 Å². The first-order valence-electron chi connectivity index (χ1n) is 5.95. The van der Waals surface area contributed by atoms with Gasteiger partial charge in [-0.1, -0.05) is 6.07 Å². The normalized spacial score (nSPS) is 17.4. The van der Waals surface area contributed by atoms with E-state index in [-0.39, 0.29) is 10.8 Å². The number of alkyl halides is 3. The average molecular weight is 490 g/mol. The Kier molecular flexibility index (Phi) is 4.98. The number of nitrogens with zero attached hydrogens (tertiary/aromatic N) is 1. The number of anilines is 1. The standard InChI is InChI=1S/C12H12Br3NO3S/c13-12(14,15)20(18,19)10-5-3-4-9(8-10)16-7-2-1-6-11(16)17/h3-5,8H,1-2,6-7H2. The first-order chi connectivity index (χ1) is 9.23. The van der Waals surface area contributed by atoms with Crippen molar-refractivity contribution in [2.45, 2.75) is 25.6 Å². The fourth-order valence-corrected chi connectivity index (χ4v) is 4.51. The van der Waals surface area contributed by atoms with E-state index in [1.54, 1.807) is 17.0 Å². The number of sulfone groups is 1. The van der Waals surface area contributed by atoms with E-state index in [0.29, 0.717) is 18.7 Å². The van der Waals surface area contributed by atoms with Crippen LogP contribution in [-0.2, 0) is 14.6 Å². The van der Waals surface area contributed by atoms with E-state index in [1.165, 1.54) is 12.1 Å². The molecular formula is C12H12Br3NO3S. The fourth-order valence-electron chi connectivity index (χ4n) is 2.03. The Morgan fingerprint density at radius 1 is 1.15 bits per heavy atom. The molecule has 0 radical (unpaired) electrons. The third-order valence-corrected chi connectivity index (χ3v) is 8.39. The molecule has 4 nitrogen and oxygen atoms in total. The zero-order chi connectivity index (χ0) is 15.0. The van der Waals surface area contributed by atoms with Crippen molar-refractivity contribution >= 4 is 69.2 Å². The van der Waals surface area contributed by atoms with E-state index < -0.39 is 11.3 Å². The SMILES string of the molecule is O=C1CCCCN1c1cccc(S(=O)(=O)C(Br)(Br)Br)c1. The minimum absolute atomic E-state index is 0.0357. The first-order valence-corrected chi connectivity index (χ1v) is 9.81. The fraction of sp³-hybridized carbons (Fsp3) is 0.417. The number of rotatable bonds is 2. The number of hydrogen-bond acceptors (Lipinski definition) is 3. The third-order valence-electron chi connectivity index (χ3n) is 3.07. The van der Waals surface area contributed by atoms with Crippen molar-refractivity contribution in [2.24, 2.45) is 0 Å². The largest absolute Gasteiger partial charge is 0.312 e. The summed E-state index contributed by atoms with van der Waals surface area (Å²) < 4.78 is 23.2. The summed E-state index contributed by atoms with van der Waals surface area (Å²) in [5, 5.41) is 0. The lowest BCUT2D eigenvalue weighted by Gasteiger charge is -2.27. The molecule has 0 aromatic heterocycles. The summed E-state index contributed by atoms with van der Waals surface area (Å²) in [4.78, 5) is 13.7. The van der Waals surface area contributed by atoms with Gasteiger partial charge in [0, 0.05) is 18.7 Å². The topological polar surface area (TPSA) is 54.5 Å². The van der Waals surface area contributed by atoms with E-state index in [0.717, 1.165) is 12.8 Å². The molecule has 1 heterocycles. The zero-order valence-electron chi connectivity index (χ0n) is 10.4. The molecule has 0 saturated carbocycles. The molecule has 8 heteroatoms. The summed E-state index contributed by atoms with van der Waals surface area (Å²) in [6.45, 7) is 0.629. The molecule has 1 aromatic rings. The van der Waals surface area contributed by atoms with Gasteiger partial charge in [0.2, 0.25) is 17.2 Å². The Hall–Kier alpha value is 0.0800. The Bertz CT molecular complexity index is 625. The van der Waals surface area contributed by atoms with Crippen molar-refractivity contribution in [2.75, 3.05) is 11.4 Å². The lowest BCUT2D eigenvalue weighted by atomic mass is 10.1. The Balaban J connectivity index is 2.41. The Morgan fingerprint density at radius 3 is 2.45 bits per heavy atom. The van der Waals surface area contributed by atoms with Crippen LogP contribution in [0.3, 0.4) is 0 Å². The van der Waals surface area contributed by atoms with Crippen molar-refractivity contribution in [1.29, 1.82) is 0 Å². The van der Waals surface area contributed by atoms with Crippen LogP contribution < -0.4 is 4.90 Å². The maximum absolute atomic E-state index is 12.3. The smallest absolute Gasteiger partial charge is 0.239 e. The molecule has 2 rings (SSSR count). The van der Waals surface area contributed by atoms with Crippen LogP contribution >= 0.6 is 47.8 Å². The second kappa shape index (κ2) is 6.06. The van der Waals surface area contributed by atoms with Gasteiger partial charge in [-0.25, -0.2) is 8.42 Å². The van der Waals surface area contributed by atoms with Gasteiger partial charge in [0.1, 0.15) is 0 Å². The Morgan fingerprint density at radius 2 is 1.85 bits per heavy atom. The molecule has 1 amide bonds. The molecule has 0 atom stereocenters. The molecule has 1 fully saturated rings. The highest BCUT2D eigenvalue weighted by atomic mass is 80.0. The van der Waals surface area contributed by atoms with E-state index in [4.69, 9.17) is 0 Å². The van der Waals surface area contributed by atoms with Crippen molar-refractivity contribution in [1.82, 2.24) is 0 Å². The van der Waals surface area contributed by atoms with Gasteiger partial charge < -0.3 is 4.90 Å². The highest BCUT2D eigenvalue weighted by Crippen LogP contribution is 2.43. The van der Waals surface area contributed by atoms with E-state index in [9.17, 15) is 13.2 Å². The molecule has 0 spiro atoms. The minimum Gasteiger partial charge on any atom is -0.312 e. The second-order valence-electron chi connectivity index (χ2n) is 4.45. The molecular weight excluding hydrogens is 478 g/mol. The van der Waals surface area contributed by atoms with Crippen molar-refractivity contribution in [3.63, 3.8) is 0 Å². The van der Waals surface area contributed by atoms with Crippen LogP contribution in [0.15, 0.2) is 29.2 Å². The molecule has 1 saturated heterocycles. The van der Waals surface area contributed by atoms with Crippen LogP contribution in [0.2, 0.25) is 0 Å². The quantitative estimate of drug-likeness (QED) is 0.594. The van der Waals surface area contributed by atoms with E-state index in [1.807, 2.05) is 0 Å². The van der Waals surface area contributed by atoms with E-state index >= 15 is 0 Å². The van der Waals surface area contributed by atoms with Gasteiger partial charge in [0.15, 0.2) is 0 Å². The van der Waals surface area contributed by atoms with Gasteiger partial charge >= 0.3 is 0 Å². The maximum Gasteiger partial charge on any atom is 0.239 e. The Labute approximate surface area is 143 Å². The number of halogens is 3. The van der Waals surface area contributed by atoms with Crippen LogP contribution in [0.25, 0.3) is 0 Å². The van der Waals surface area contributed by atoms with Gasteiger partial charge in [-0.05, 0) is 78.8 Å². The van der Waals surface area contributed by atoms with Crippen LogP contribution in [0.5, 0.6) is 0 Å². The van der Waals surface area contributed by atoms with Crippen molar-refractivity contribution < 1.29 is 13.2 Å². The molecule has 110 valence electrons. The molecule has 0 bridgehead atoms. The summed E-state index contributed by atoms with van der Waals surface area (Å²) in [5.41, 5.74) is 0.618. The number of piperidine rings is 1. The van der Waals surface area contributed by atoms with Gasteiger partial charge in [-0.2, -0.15) is 0 Å².